The Morgan fingerprint density at radius 2 is 1.31 bits per heavy atom. The van der Waals surface area contributed by atoms with Gasteiger partial charge in [-0.25, -0.2) is 0 Å². The molecule has 0 aliphatic carbocycles. The van der Waals surface area contributed by atoms with Crippen molar-refractivity contribution in [1.82, 2.24) is 10.6 Å². The minimum Gasteiger partial charge on any atom is -0.382 e. The lowest BCUT2D eigenvalue weighted by Gasteiger charge is -2.32. The van der Waals surface area contributed by atoms with Crippen LogP contribution in [0.1, 0.15) is 87.5 Å². The zero-order valence-corrected chi connectivity index (χ0v) is 26.3. The monoisotopic (exact) mass is 558 g/mol. The van der Waals surface area contributed by atoms with Gasteiger partial charge < -0.3 is 29.6 Å². The molecule has 0 aliphatic rings. The highest BCUT2D eigenvalue weighted by atomic mass is 16.6. The molecule has 39 heavy (non-hydrogen) atoms. The first kappa shape index (κ1) is 37.6. The highest BCUT2D eigenvalue weighted by Gasteiger charge is 2.34. The number of ether oxygens (including phenoxy) is 4. The number of rotatable bonds is 23. The molecule has 0 aliphatic heterocycles. The third kappa shape index (κ3) is 20.2. The number of methoxy groups -OCH3 is 1. The van der Waals surface area contributed by atoms with Crippen molar-refractivity contribution >= 4 is 17.5 Å². The van der Waals surface area contributed by atoms with Crippen LogP contribution in [-0.4, -0.2) is 89.0 Å². The Hall–Kier alpha value is -1.39. The molecule has 0 spiro atoms. The van der Waals surface area contributed by atoms with E-state index in [1.54, 1.807) is 7.11 Å². The van der Waals surface area contributed by atoms with Crippen molar-refractivity contribution in [2.24, 2.45) is 17.3 Å². The van der Waals surface area contributed by atoms with E-state index in [4.69, 9.17) is 18.9 Å². The van der Waals surface area contributed by atoms with Crippen molar-refractivity contribution in [2.75, 3.05) is 59.9 Å². The standard InChI is InChI=1S/C30H58N2O7/c1-23(2)27(32-30(6,7)8)25(33)22-24(28(35)29(3,4)5)12-10-11-14-31-26(34)13-15-37-18-19-39-21-20-38-17-16-36-9/h23-24,27,32H,10-22H2,1-9H3,(H,31,34)/t24-,27+/m1/s1. The number of Topliss-reactive ketones (excluding diaryl/α,β-unsaturated/α-hetero) is 2. The zero-order chi connectivity index (χ0) is 29.9. The van der Waals surface area contributed by atoms with Crippen molar-refractivity contribution in [2.45, 2.75) is 99.1 Å². The van der Waals surface area contributed by atoms with Crippen LogP contribution in [0.2, 0.25) is 0 Å². The Kier molecular flexibility index (Phi) is 19.8. The summed E-state index contributed by atoms with van der Waals surface area (Å²) in [6.07, 6.45) is 2.69. The molecule has 0 rings (SSSR count). The maximum Gasteiger partial charge on any atom is 0.222 e. The second-order valence-corrected chi connectivity index (χ2v) is 12.5. The average Bonchev–Trinajstić information content (AvgIpc) is 2.83. The Labute approximate surface area is 237 Å². The van der Waals surface area contributed by atoms with Crippen LogP contribution in [0.4, 0.5) is 0 Å². The van der Waals surface area contributed by atoms with E-state index in [9.17, 15) is 14.4 Å². The lowest BCUT2D eigenvalue weighted by atomic mass is 9.77. The molecule has 0 unspecified atom stereocenters. The number of carbonyl (C=O) groups is 3. The molecule has 2 atom stereocenters. The third-order valence-electron chi connectivity index (χ3n) is 6.11. The number of nitrogens with one attached hydrogen (secondary N) is 2. The van der Waals surface area contributed by atoms with Crippen molar-refractivity contribution in [3.8, 4) is 0 Å². The van der Waals surface area contributed by atoms with Crippen LogP contribution in [-0.2, 0) is 33.3 Å². The maximum absolute atomic E-state index is 13.2. The van der Waals surface area contributed by atoms with Gasteiger partial charge in [0.05, 0.1) is 52.3 Å². The Balaban J connectivity index is 4.33. The van der Waals surface area contributed by atoms with Crippen LogP contribution >= 0.6 is 0 Å². The Morgan fingerprint density at radius 3 is 1.79 bits per heavy atom. The first-order valence-corrected chi connectivity index (χ1v) is 14.5. The van der Waals surface area contributed by atoms with Crippen LogP contribution in [0.3, 0.4) is 0 Å². The summed E-state index contributed by atoms with van der Waals surface area (Å²) in [7, 11) is 1.63. The molecule has 0 aromatic heterocycles. The molecule has 2 N–H and O–H groups in total. The van der Waals surface area contributed by atoms with E-state index in [1.807, 2.05) is 55.4 Å². The predicted molar refractivity (Wildman–Crippen MR) is 155 cm³/mol. The highest BCUT2D eigenvalue weighted by Crippen LogP contribution is 2.27. The molecule has 9 heteroatoms. The summed E-state index contributed by atoms with van der Waals surface area (Å²) in [5, 5.41) is 6.35. The molecule has 0 aromatic rings. The highest BCUT2D eigenvalue weighted by molar-refractivity contribution is 5.92. The summed E-state index contributed by atoms with van der Waals surface area (Å²) in [4.78, 5) is 38.5. The fraction of sp³-hybridized carbons (Fsp3) is 0.900. The van der Waals surface area contributed by atoms with Gasteiger partial charge >= 0.3 is 0 Å². The number of amides is 1. The molecule has 0 bridgehead atoms. The van der Waals surface area contributed by atoms with Gasteiger partial charge in [-0.1, -0.05) is 41.0 Å². The smallest absolute Gasteiger partial charge is 0.222 e. The first-order valence-electron chi connectivity index (χ1n) is 14.5. The molecule has 1 amide bonds. The van der Waals surface area contributed by atoms with Gasteiger partial charge in [-0.2, -0.15) is 0 Å². The predicted octanol–water partition coefficient (Wildman–Crippen LogP) is 3.96. The van der Waals surface area contributed by atoms with Gasteiger partial charge in [0.25, 0.3) is 0 Å². The molecular weight excluding hydrogens is 500 g/mol. The fourth-order valence-corrected chi connectivity index (χ4v) is 4.07. The minimum atomic E-state index is -0.507. The van der Waals surface area contributed by atoms with E-state index in [2.05, 4.69) is 10.6 Å². The summed E-state index contributed by atoms with van der Waals surface area (Å²) in [6.45, 7) is 19.8. The molecule has 0 radical (unpaired) electrons. The van der Waals surface area contributed by atoms with Gasteiger partial charge in [0.2, 0.25) is 5.91 Å². The number of ketones is 2. The summed E-state index contributed by atoms with van der Waals surface area (Å²) in [5.41, 5.74) is -0.697. The number of hydrogen-bond acceptors (Lipinski definition) is 8. The van der Waals surface area contributed by atoms with Gasteiger partial charge in [-0.3, -0.25) is 14.4 Å². The second-order valence-electron chi connectivity index (χ2n) is 12.5. The third-order valence-corrected chi connectivity index (χ3v) is 6.11. The van der Waals surface area contributed by atoms with Crippen LogP contribution in [0, 0.1) is 17.3 Å². The van der Waals surface area contributed by atoms with E-state index < -0.39 is 5.41 Å². The molecule has 0 heterocycles. The van der Waals surface area contributed by atoms with Gasteiger partial charge in [0.15, 0.2) is 5.78 Å². The van der Waals surface area contributed by atoms with Gasteiger partial charge in [-0.05, 0) is 39.5 Å². The molecular formula is C30H58N2O7. The van der Waals surface area contributed by atoms with Crippen LogP contribution in [0.25, 0.3) is 0 Å². The lowest BCUT2D eigenvalue weighted by Crippen LogP contribution is -2.51. The Morgan fingerprint density at radius 1 is 0.769 bits per heavy atom. The lowest BCUT2D eigenvalue weighted by molar-refractivity contribution is -0.134. The SMILES string of the molecule is COCCOCCOCCOCCC(=O)NCCCC[C@H](CC(=O)[C@@H](NC(C)(C)C)C(C)C)C(=O)C(C)(C)C. The first-order chi connectivity index (χ1) is 18.2. The maximum atomic E-state index is 13.2. The normalized spacial score (nSPS) is 13.9. The fourth-order valence-electron chi connectivity index (χ4n) is 4.07. The van der Waals surface area contributed by atoms with Gasteiger partial charge in [0, 0.05) is 43.4 Å². The van der Waals surface area contributed by atoms with E-state index in [0.29, 0.717) is 59.2 Å². The van der Waals surface area contributed by atoms with Crippen molar-refractivity contribution in [1.29, 1.82) is 0 Å². The summed E-state index contributed by atoms with van der Waals surface area (Å²) < 4.78 is 21.0. The summed E-state index contributed by atoms with van der Waals surface area (Å²) in [6, 6.07) is -0.284. The molecule has 0 fully saturated rings. The largest absolute Gasteiger partial charge is 0.382 e. The molecule has 0 saturated heterocycles. The second kappa shape index (κ2) is 20.5. The van der Waals surface area contributed by atoms with Crippen LogP contribution in [0.15, 0.2) is 0 Å². The van der Waals surface area contributed by atoms with Crippen molar-refractivity contribution in [3.63, 3.8) is 0 Å². The number of unbranched alkanes of at least 4 members (excludes halogenated alkanes) is 1. The van der Waals surface area contributed by atoms with Crippen molar-refractivity contribution in [3.05, 3.63) is 0 Å². The van der Waals surface area contributed by atoms with E-state index in [-0.39, 0.29) is 53.7 Å². The van der Waals surface area contributed by atoms with Crippen molar-refractivity contribution < 1.29 is 33.3 Å². The van der Waals surface area contributed by atoms with E-state index >= 15 is 0 Å². The Bertz CT molecular complexity index is 684. The average molecular weight is 559 g/mol. The van der Waals surface area contributed by atoms with Crippen LogP contribution in [0.5, 0.6) is 0 Å². The topological polar surface area (TPSA) is 112 Å². The zero-order valence-electron chi connectivity index (χ0n) is 26.3. The number of carbonyl (C=O) groups excluding carboxylic acids is 3. The minimum absolute atomic E-state index is 0.0620. The summed E-state index contributed by atoms with van der Waals surface area (Å²) in [5.74, 6) is -0.0223. The number of hydrogen-bond donors (Lipinski definition) is 2. The van der Waals surface area contributed by atoms with E-state index in [0.717, 1.165) is 12.8 Å². The van der Waals surface area contributed by atoms with E-state index in [1.165, 1.54) is 0 Å². The molecule has 230 valence electrons. The molecule has 0 aromatic carbocycles. The van der Waals surface area contributed by atoms with Gasteiger partial charge in [0.1, 0.15) is 5.78 Å². The van der Waals surface area contributed by atoms with Gasteiger partial charge in [-0.15, -0.1) is 0 Å². The van der Waals surface area contributed by atoms with Crippen LogP contribution < -0.4 is 10.6 Å². The quantitative estimate of drug-likeness (QED) is 0.181. The molecule has 9 nitrogen and oxygen atoms in total. The summed E-state index contributed by atoms with van der Waals surface area (Å²) >= 11 is 0. The molecule has 0 saturated carbocycles.